The molecule has 2 fully saturated rings. The van der Waals surface area contributed by atoms with E-state index in [1.807, 2.05) is 13.8 Å². The highest BCUT2D eigenvalue weighted by Gasteiger charge is 2.43. The Labute approximate surface area is 239 Å². The van der Waals surface area contributed by atoms with Crippen molar-refractivity contribution in [1.82, 2.24) is 9.88 Å². The van der Waals surface area contributed by atoms with E-state index >= 15 is 4.39 Å². The van der Waals surface area contributed by atoms with Crippen molar-refractivity contribution in [2.75, 3.05) is 17.6 Å². The summed E-state index contributed by atoms with van der Waals surface area (Å²) in [4.78, 5) is 25.0. The highest BCUT2D eigenvalue weighted by atomic mass is 32.2. The maximum absolute atomic E-state index is 15.6. The van der Waals surface area contributed by atoms with Crippen molar-refractivity contribution in [3.8, 4) is 5.69 Å². The Kier molecular flexibility index (Phi) is 7.14. The predicted octanol–water partition coefficient (Wildman–Crippen LogP) is 3.12. The van der Waals surface area contributed by atoms with Crippen LogP contribution in [0.15, 0.2) is 17.0 Å². The number of carbonyl (C=O) groups excluding carboxylic acids is 2. The molecule has 1 unspecified atom stereocenters. The average Bonchev–Trinajstić information content (AvgIpc) is 3.61. The monoisotopic (exact) mass is 588 g/mol. The Balaban J connectivity index is 1.29. The largest absolute Gasteiger partial charge is 0.461 e. The van der Waals surface area contributed by atoms with Crippen molar-refractivity contribution < 1.29 is 31.9 Å². The number of rotatable bonds is 6. The Hall–Kier alpha value is -2.96. The molecule has 4 aliphatic rings. The number of amides is 1. The SMILES string of the molecule is CC1(C)Cc2c(c3c(n2-c2cc(F)c(C(N)=O)c(NC4CCC(OC(=O)C5CCCN5)CC4)c2)COC3)S(=O)(=O)C1. The third kappa shape index (κ3) is 5.25. The maximum Gasteiger partial charge on any atom is 0.323 e. The smallest absolute Gasteiger partial charge is 0.323 e. The summed E-state index contributed by atoms with van der Waals surface area (Å²) in [6.07, 6.45) is 4.68. The van der Waals surface area contributed by atoms with Crippen molar-refractivity contribution in [1.29, 1.82) is 0 Å². The maximum atomic E-state index is 15.6. The van der Waals surface area contributed by atoms with Gasteiger partial charge in [0, 0.05) is 17.3 Å². The lowest BCUT2D eigenvalue weighted by Gasteiger charge is -2.32. The first-order valence-corrected chi connectivity index (χ1v) is 16.0. The number of aromatic nitrogens is 1. The molecule has 1 atom stereocenters. The van der Waals surface area contributed by atoms with E-state index in [4.69, 9.17) is 15.2 Å². The number of esters is 1. The highest BCUT2D eigenvalue weighted by Crippen LogP contribution is 2.44. The zero-order valence-electron chi connectivity index (χ0n) is 23.4. The van der Waals surface area contributed by atoms with Gasteiger partial charge in [-0.05, 0) is 69.0 Å². The first-order valence-electron chi connectivity index (χ1n) is 14.3. The number of carbonyl (C=O) groups is 2. The van der Waals surface area contributed by atoms with Crippen LogP contribution in [-0.4, -0.2) is 55.3 Å². The lowest BCUT2D eigenvalue weighted by Crippen LogP contribution is -2.37. The fourth-order valence-electron chi connectivity index (χ4n) is 6.95. The van der Waals surface area contributed by atoms with Gasteiger partial charge in [-0.25, -0.2) is 12.8 Å². The van der Waals surface area contributed by atoms with Crippen LogP contribution in [0.4, 0.5) is 10.1 Å². The molecular formula is C29H37FN4O6S. The van der Waals surface area contributed by atoms with Crippen LogP contribution in [0.3, 0.4) is 0 Å². The van der Waals surface area contributed by atoms with E-state index in [2.05, 4.69) is 10.6 Å². The van der Waals surface area contributed by atoms with Crippen molar-refractivity contribution in [2.45, 2.75) is 95.1 Å². The van der Waals surface area contributed by atoms with Crippen molar-refractivity contribution >= 4 is 27.4 Å². The van der Waals surface area contributed by atoms with Gasteiger partial charge in [-0.2, -0.15) is 0 Å². The van der Waals surface area contributed by atoms with Crippen molar-refractivity contribution in [3.63, 3.8) is 0 Å². The van der Waals surface area contributed by atoms with Gasteiger partial charge in [0.1, 0.15) is 18.0 Å². The summed E-state index contributed by atoms with van der Waals surface area (Å²) in [5.74, 6) is -1.85. The average molecular weight is 589 g/mol. The number of halogens is 1. The topological polar surface area (TPSA) is 142 Å². The van der Waals surface area contributed by atoms with Gasteiger partial charge in [0.15, 0.2) is 9.84 Å². The quantitative estimate of drug-likeness (QED) is 0.437. The Morgan fingerprint density at radius 2 is 1.90 bits per heavy atom. The van der Waals surface area contributed by atoms with Gasteiger partial charge in [0.25, 0.3) is 5.91 Å². The minimum atomic E-state index is -3.57. The van der Waals surface area contributed by atoms with Crippen LogP contribution < -0.4 is 16.4 Å². The second-order valence-electron chi connectivity index (χ2n) is 12.5. The van der Waals surface area contributed by atoms with E-state index in [1.54, 1.807) is 10.6 Å². The van der Waals surface area contributed by atoms with Crippen molar-refractivity contribution in [2.24, 2.45) is 11.1 Å². The fourth-order valence-corrected chi connectivity index (χ4v) is 9.30. The van der Waals surface area contributed by atoms with Crippen LogP contribution in [0, 0.1) is 11.2 Å². The molecule has 1 aromatic heterocycles. The third-order valence-electron chi connectivity index (χ3n) is 8.69. The molecule has 1 aromatic carbocycles. The summed E-state index contributed by atoms with van der Waals surface area (Å²) >= 11 is 0. The Morgan fingerprint density at radius 1 is 1.15 bits per heavy atom. The van der Waals surface area contributed by atoms with Crippen LogP contribution in [0.5, 0.6) is 0 Å². The lowest BCUT2D eigenvalue weighted by atomic mass is 9.89. The molecule has 6 rings (SSSR count). The number of hydrogen-bond acceptors (Lipinski definition) is 8. The second kappa shape index (κ2) is 10.4. The summed E-state index contributed by atoms with van der Waals surface area (Å²) in [6.45, 7) is 5.03. The number of fused-ring (bicyclic) bond motifs is 3. The van der Waals surface area contributed by atoms with E-state index in [9.17, 15) is 18.0 Å². The summed E-state index contributed by atoms with van der Waals surface area (Å²) < 4.78 is 55.4. The minimum absolute atomic E-state index is 0.0282. The number of nitrogens with two attached hydrogens (primary N) is 1. The summed E-state index contributed by atoms with van der Waals surface area (Å²) in [6, 6.07) is 2.59. The molecule has 0 radical (unpaired) electrons. The zero-order valence-corrected chi connectivity index (χ0v) is 24.2. The third-order valence-corrected chi connectivity index (χ3v) is 11.0. The molecule has 1 amide bonds. The lowest BCUT2D eigenvalue weighted by molar-refractivity contribution is -0.152. The summed E-state index contributed by atoms with van der Waals surface area (Å²) in [5.41, 5.74) is 7.48. The molecule has 12 heteroatoms. The van der Waals surface area contributed by atoms with Gasteiger partial charge in [-0.1, -0.05) is 13.8 Å². The van der Waals surface area contributed by atoms with E-state index < -0.39 is 27.0 Å². The standard InChI is InChI=1S/C29H37FN4O6S/c1-29(2)12-23-26(41(37,38)15-29)19-13-39-14-24(19)34(23)17-10-20(30)25(27(31)35)22(11-17)33-16-5-7-18(8-6-16)40-28(36)21-4-3-9-32-21/h10-11,16,18,21,32-33H,3-9,12-15H2,1-2H3,(H2,31,35). The van der Waals surface area contributed by atoms with E-state index in [0.717, 1.165) is 19.4 Å². The molecule has 10 nitrogen and oxygen atoms in total. The van der Waals surface area contributed by atoms with Crippen LogP contribution in [-0.2, 0) is 43.7 Å². The number of nitrogens with one attached hydrogen (secondary N) is 2. The first kappa shape index (κ1) is 28.2. The van der Waals surface area contributed by atoms with Gasteiger partial charge in [-0.15, -0.1) is 0 Å². The fraction of sp³-hybridized carbons (Fsp3) is 0.586. The van der Waals surface area contributed by atoms with Crippen LogP contribution >= 0.6 is 0 Å². The molecule has 1 saturated carbocycles. The number of anilines is 1. The summed E-state index contributed by atoms with van der Waals surface area (Å²) in [7, 11) is -3.57. The Bertz CT molecular complexity index is 1500. The summed E-state index contributed by atoms with van der Waals surface area (Å²) in [5, 5.41) is 6.49. The number of nitrogens with zero attached hydrogens (tertiary/aromatic N) is 1. The predicted molar refractivity (Wildman–Crippen MR) is 149 cm³/mol. The van der Waals surface area contributed by atoms with Gasteiger partial charge in [-0.3, -0.25) is 9.59 Å². The number of primary amides is 1. The Morgan fingerprint density at radius 3 is 2.59 bits per heavy atom. The number of sulfone groups is 1. The van der Waals surface area contributed by atoms with E-state index in [-0.39, 0.29) is 54.4 Å². The molecule has 222 valence electrons. The number of ether oxygens (including phenoxy) is 2. The zero-order chi connectivity index (χ0) is 29.1. The number of hydrogen-bond donors (Lipinski definition) is 3. The van der Waals surface area contributed by atoms with Gasteiger partial charge in [0.05, 0.1) is 46.5 Å². The normalized spacial score (nSPS) is 26.3. The first-order chi connectivity index (χ1) is 19.4. The molecule has 0 spiro atoms. The molecule has 4 heterocycles. The molecule has 3 aliphatic heterocycles. The molecule has 1 aliphatic carbocycles. The molecule has 0 bridgehead atoms. The van der Waals surface area contributed by atoms with Gasteiger partial charge >= 0.3 is 5.97 Å². The van der Waals surface area contributed by atoms with Crippen LogP contribution in [0.2, 0.25) is 0 Å². The van der Waals surface area contributed by atoms with E-state index in [1.165, 1.54) is 6.07 Å². The molecule has 1 saturated heterocycles. The second-order valence-corrected chi connectivity index (χ2v) is 14.5. The molecular weight excluding hydrogens is 551 g/mol. The van der Waals surface area contributed by atoms with Gasteiger partial charge < -0.3 is 30.4 Å². The van der Waals surface area contributed by atoms with Gasteiger partial charge in [0.2, 0.25) is 0 Å². The number of benzene rings is 1. The molecule has 41 heavy (non-hydrogen) atoms. The molecule has 2 aromatic rings. The molecule has 4 N–H and O–H groups in total. The highest BCUT2D eigenvalue weighted by molar-refractivity contribution is 7.91. The van der Waals surface area contributed by atoms with Crippen LogP contribution in [0.1, 0.15) is 79.7 Å². The van der Waals surface area contributed by atoms with Crippen molar-refractivity contribution in [3.05, 3.63) is 40.5 Å². The van der Waals surface area contributed by atoms with E-state index in [0.29, 0.717) is 59.6 Å². The minimum Gasteiger partial charge on any atom is -0.461 e. The van der Waals surface area contributed by atoms with Crippen LogP contribution in [0.25, 0.3) is 5.69 Å².